The van der Waals surface area contributed by atoms with E-state index >= 15 is 0 Å². The first kappa shape index (κ1) is 15.4. The average Bonchev–Trinajstić information content (AvgIpc) is 3.00. The van der Waals surface area contributed by atoms with Crippen LogP contribution in [0.4, 0.5) is 0 Å². The normalized spacial score (nSPS) is 12.2. The van der Waals surface area contributed by atoms with Crippen LogP contribution in [0.3, 0.4) is 0 Å². The van der Waals surface area contributed by atoms with Crippen molar-refractivity contribution in [3.05, 3.63) is 41.7 Å². The molecule has 0 spiro atoms. The molecule has 21 heavy (non-hydrogen) atoms. The summed E-state index contributed by atoms with van der Waals surface area (Å²) in [6.45, 7) is 5.91. The van der Waals surface area contributed by atoms with Crippen molar-refractivity contribution in [3.8, 4) is 11.5 Å². The highest BCUT2D eigenvalue weighted by atomic mass is 16.5. The molecule has 0 bridgehead atoms. The fourth-order valence-corrected chi connectivity index (χ4v) is 2.37. The maximum absolute atomic E-state index is 5.39. The van der Waals surface area contributed by atoms with Crippen molar-refractivity contribution in [1.29, 1.82) is 0 Å². The summed E-state index contributed by atoms with van der Waals surface area (Å²) in [5, 5.41) is 7.85. The van der Waals surface area contributed by atoms with Crippen molar-refractivity contribution in [3.63, 3.8) is 0 Å². The van der Waals surface area contributed by atoms with Gasteiger partial charge < -0.3 is 14.8 Å². The third-order valence-corrected chi connectivity index (χ3v) is 3.46. The summed E-state index contributed by atoms with van der Waals surface area (Å²) in [5.41, 5.74) is 2.27. The van der Waals surface area contributed by atoms with E-state index in [1.54, 1.807) is 14.2 Å². The van der Waals surface area contributed by atoms with Crippen LogP contribution in [0.25, 0.3) is 0 Å². The van der Waals surface area contributed by atoms with E-state index in [9.17, 15) is 0 Å². The molecule has 0 saturated heterocycles. The number of aromatic nitrogens is 2. The summed E-state index contributed by atoms with van der Waals surface area (Å²) >= 11 is 0. The molecule has 1 aromatic carbocycles. The molecule has 0 amide bonds. The van der Waals surface area contributed by atoms with Crippen LogP contribution in [0.2, 0.25) is 0 Å². The Hall–Kier alpha value is -2.01. The predicted molar refractivity (Wildman–Crippen MR) is 83.0 cm³/mol. The molecule has 0 aliphatic heterocycles. The number of methoxy groups -OCH3 is 2. The summed E-state index contributed by atoms with van der Waals surface area (Å²) in [4.78, 5) is 0. The van der Waals surface area contributed by atoms with Gasteiger partial charge in [0.2, 0.25) is 0 Å². The molecule has 1 N–H and O–H groups in total. The van der Waals surface area contributed by atoms with Crippen molar-refractivity contribution >= 4 is 0 Å². The molecule has 0 fully saturated rings. The van der Waals surface area contributed by atoms with E-state index in [0.29, 0.717) is 0 Å². The monoisotopic (exact) mass is 289 g/mol. The molecular weight excluding hydrogens is 266 g/mol. The molecule has 0 aliphatic rings. The van der Waals surface area contributed by atoms with Gasteiger partial charge in [-0.1, -0.05) is 13.0 Å². The summed E-state index contributed by atoms with van der Waals surface area (Å²) < 4.78 is 12.6. The SMILES string of the molecule is CCNC(c1ccc(OC)c(OC)c1)c1cnn(CC)c1. The standard InChI is InChI=1S/C16H23N3O2/c1-5-17-16(13-10-18-19(6-2)11-13)12-7-8-14(20-3)15(9-12)21-4/h7-11,16-17H,5-6H2,1-4H3. The summed E-state index contributed by atoms with van der Waals surface area (Å²) in [7, 11) is 3.30. The zero-order valence-electron chi connectivity index (χ0n) is 13.1. The first-order valence-corrected chi connectivity index (χ1v) is 7.21. The second kappa shape index (κ2) is 7.13. The number of hydrogen-bond acceptors (Lipinski definition) is 4. The Kier molecular flexibility index (Phi) is 5.22. The van der Waals surface area contributed by atoms with E-state index in [1.165, 1.54) is 0 Å². The van der Waals surface area contributed by atoms with Gasteiger partial charge in [-0.15, -0.1) is 0 Å². The zero-order chi connectivity index (χ0) is 15.2. The molecule has 1 atom stereocenters. The summed E-state index contributed by atoms with van der Waals surface area (Å²) in [5.74, 6) is 1.47. The molecule has 1 aromatic heterocycles. The number of nitrogens with one attached hydrogen (secondary N) is 1. The van der Waals surface area contributed by atoms with Crippen molar-refractivity contribution in [2.45, 2.75) is 26.4 Å². The van der Waals surface area contributed by atoms with E-state index < -0.39 is 0 Å². The number of ether oxygens (including phenoxy) is 2. The van der Waals surface area contributed by atoms with Crippen LogP contribution in [0.5, 0.6) is 11.5 Å². The molecule has 0 aliphatic carbocycles. The predicted octanol–water partition coefficient (Wildman–Crippen LogP) is 2.62. The first-order chi connectivity index (χ1) is 10.2. The largest absolute Gasteiger partial charge is 0.493 e. The van der Waals surface area contributed by atoms with Gasteiger partial charge in [0.15, 0.2) is 11.5 Å². The molecule has 1 heterocycles. The van der Waals surface area contributed by atoms with E-state index in [-0.39, 0.29) is 6.04 Å². The highest BCUT2D eigenvalue weighted by Crippen LogP contribution is 2.32. The van der Waals surface area contributed by atoms with Crippen LogP contribution in [-0.4, -0.2) is 30.5 Å². The molecule has 0 radical (unpaired) electrons. The third kappa shape index (κ3) is 3.36. The smallest absolute Gasteiger partial charge is 0.161 e. The first-order valence-electron chi connectivity index (χ1n) is 7.21. The van der Waals surface area contributed by atoms with Gasteiger partial charge in [-0.05, 0) is 31.2 Å². The van der Waals surface area contributed by atoms with Gasteiger partial charge in [0.25, 0.3) is 0 Å². The quantitative estimate of drug-likeness (QED) is 0.851. The van der Waals surface area contributed by atoms with Gasteiger partial charge in [0, 0.05) is 18.3 Å². The second-order valence-electron chi connectivity index (χ2n) is 4.73. The Bertz CT molecular complexity index is 581. The maximum atomic E-state index is 5.39. The molecule has 5 heteroatoms. The van der Waals surface area contributed by atoms with E-state index in [1.807, 2.05) is 23.0 Å². The Morgan fingerprint density at radius 1 is 1.14 bits per heavy atom. The maximum Gasteiger partial charge on any atom is 0.161 e. The Morgan fingerprint density at radius 3 is 2.48 bits per heavy atom. The van der Waals surface area contributed by atoms with E-state index in [4.69, 9.17) is 9.47 Å². The molecule has 114 valence electrons. The van der Waals surface area contributed by atoms with Crippen LogP contribution in [0.15, 0.2) is 30.6 Å². The van der Waals surface area contributed by atoms with Crippen LogP contribution in [0, 0.1) is 0 Å². The van der Waals surface area contributed by atoms with Gasteiger partial charge in [-0.2, -0.15) is 5.10 Å². The van der Waals surface area contributed by atoms with E-state index in [0.717, 1.165) is 35.7 Å². The van der Waals surface area contributed by atoms with E-state index in [2.05, 4.69) is 36.5 Å². The van der Waals surface area contributed by atoms with Crippen LogP contribution < -0.4 is 14.8 Å². The van der Waals surface area contributed by atoms with Crippen molar-refractivity contribution < 1.29 is 9.47 Å². The minimum atomic E-state index is 0.0927. The molecule has 2 aromatic rings. The van der Waals surface area contributed by atoms with Crippen molar-refractivity contribution in [1.82, 2.24) is 15.1 Å². The number of benzene rings is 1. The molecule has 1 unspecified atom stereocenters. The van der Waals surface area contributed by atoms with Gasteiger partial charge in [-0.3, -0.25) is 4.68 Å². The molecule has 0 saturated carbocycles. The zero-order valence-corrected chi connectivity index (χ0v) is 13.1. The lowest BCUT2D eigenvalue weighted by atomic mass is 10.0. The van der Waals surface area contributed by atoms with Gasteiger partial charge in [0.1, 0.15) is 0 Å². The highest BCUT2D eigenvalue weighted by molar-refractivity contribution is 5.45. The highest BCUT2D eigenvalue weighted by Gasteiger charge is 2.17. The number of nitrogens with zero attached hydrogens (tertiary/aromatic N) is 2. The van der Waals surface area contributed by atoms with Crippen LogP contribution in [-0.2, 0) is 6.54 Å². The van der Waals surface area contributed by atoms with Crippen molar-refractivity contribution in [2.24, 2.45) is 0 Å². The summed E-state index contributed by atoms with van der Waals surface area (Å²) in [6.07, 6.45) is 3.98. The second-order valence-corrected chi connectivity index (χ2v) is 4.73. The Balaban J connectivity index is 2.37. The molecular formula is C16H23N3O2. The average molecular weight is 289 g/mol. The third-order valence-electron chi connectivity index (χ3n) is 3.46. The number of hydrogen-bond donors (Lipinski definition) is 1. The van der Waals surface area contributed by atoms with Gasteiger partial charge in [-0.25, -0.2) is 0 Å². The van der Waals surface area contributed by atoms with Gasteiger partial charge in [0.05, 0.1) is 26.5 Å². The lowest BCUT2D eigenvalue weighted by Crippen LogP contribution is -2.21. The Labute approximate surface area is 125 Å². The number of rotatable bonds is 7. The molecule has 2 rings (SSSR count). The van der Waals surface area contributed by atoms with Crippen LogP contribution >= 0.6 is 0 Å². The fourth-order valence-electron chi connectivity index (χ4n) is 2.37. The fraction of sp³-hybridized carbons (Fsp3) is 0.438. The van der Waals surface area contributed by atoms with Crippen molar-refractivity contribution in [2.75, 3.05) is 20.8 Å². The lowest BCUT2D eigenvalue weighted by Gasteiger charge is -2.18. The number of aryl methyl sites for hydroxylation is 1. The topological polar surface area (TPSA) is 48.3 Å². The lowest BCUT2D eigenvalue weighted by molar-refractivity contribution is 0.354. The minimum absolute atomic E-state index is 0.0927. The van der Waals surface area contributed by atoms with Gasteiger partial charge >= 0.3 is 0 Å². The Morgan fingerprint density at radius 2 is 1.90 bits per heavy atom. The minimum Gasteiger partial charge on any atom is -0.493 e. The molecule has 5 nitrogen and oxygen atoms in total. The summed E-state index contributed by atoms with van der Waals surface area (Å²) in [6, 6.07) is 6.09. The van der Waals surface area contributed by atoms with Crippen LogP contribution in [0.1, 0.15) is 31.0 Å².